The van der Waals surface area contributed by atoms with Crippen LogP contribution in [0.5, 0.6) is 0 Å². The van der Waals surface area contributed by atoms with E-state index in [0.29, 0.717) is 22.2 Å². The number of para-hydroxylation sites is 1. The average Bonchev–Trinajstić information content (AvgIpc) is 2.76. The molecule has 1 unspecified atom stereocenters. The van der Waals surface area contributed by atoms with Gasteiger partial charge in [0, 0.05) is 23.3 Å². The quantitative estimate of drug-likeness (QED) is 0.402. The first-order chi connectivity index (χ1) is 15.7. The van der Waals surface area contributed by atoms with Crippen LogP contribution in [0.15, 0.2) is 59.4 Å². The summed E-state index contributed by atoms with van der Waals surface area (Å²) in [5.41, 5.74) is 2.38. The number of carboxylic acids is 1. The minimum absolute atomic E-state index is 0.133. The number of hydrogen-bond acceptors (Lipinski definition) is 4. The van der Waals surface area contributed by atoms with Crippen LogP contribution in [0.4, 0.5) is 10.1 Å². The molecular formula is C25H21ClFN3O3. The Kier molecular flexibility index (Phi) is 5.91. The van der Waals surface area contributed by atoms with Crippen LogP contribution in [0.3, 0.4) is 0 Å². The Labute approximate surface area is 194 Å². The van der Waals surface area contributed by atoms with Crippen molar-refractivity contribution in [3.8, 4) is 11.4 Å². The smallest absolute Gasteiger partial charge is 0.337 e. The zero-order chi connectivity index (χ0) is 23.9. The van der Waals surface area contributed by atoms with Crippen LogP contribution in [-0.4, -0.2) is 20.6 Å². The highest BCUT2D eigenvalue weighted by atomic mass is 35.5. The van der Waals surface area contributed by atoms with E-state index in [1.807, 2.05) is 19.9 Å². The van der Waals surface area contributed by atoms with Gasteiger partial charge in [-0.1, -0.05) is 29.8 Å². The van der Waals surface area contributed by atoms with E-state index in [2.05, 4.69) is 10.3 Å². The molecule has 2 N–H and O–H groups in total. The molecule has 0 spiro atoms. The second-order valence-electron chi connectivity index (χ2n) is 7.89. The summed E-state index contributed by atoms with van der Waals surface area (Å²) in [4.78, 5) is 29.5. The standard InChI is InChI=1S/C25H21ClFN3O3/c1-13-10-18(14(2)28-21-7-5-4-6-17(21)25(32)33)22-19(11-13)24(31)30(3)23(29-22)16-9-8-15(26)12-20(16)27/h4-12,14,28H,1-3H3,(H,32,33). The Bertz CT molecular complexity index is 1470. The Hall–Kier alpha value is -3.71. The van der Waals surface area contributed by atoms with Crippen LogP contribution < -0.4 is 10.9 Å². The molecule has 1 atom stereocenters. The highest BCUT2D eigenvalue weighted by molar-refractivity contribution is 6.30. The van der Waals surface area contributed by atoms with Crippen LogP contribution >= 0.6 is 11.6 Å². The summed E-state index contributed by atoms with van der Waals surface area (Å²) in [5.74, 6) is -1.46. The molecule has 0 amide bonds. The van der Waals surface area contributed by atoms with Crippen molar-refractivity contribution in [2.24, 2.45) is 7.05 Å². The average molecular weight is 466 g/mol. The van der Waals surface area contributed by atoms with Crippen molar-refractivity contribution >= 4 is 34.2 Å². The molecule has 3 aromatic carbocycles. The number of aromatic carboxylic acids is 1. The predicted molar refractivity (Wildman–Crippen MR) is 128 cm³/mol. The molecule has 0 aliphatic heterocycles. The van der Waals surface area contributed by atoms with Gasteiger partial charge in [-0.2, -0.15) is 0 Å². The van der Waals surface area contributed by atoms with Crippen LogP contribution in [-0.2, 0) is 7.05 Å². The second-order valence-corrected chi connectivity index (χ2v) is 8.33. The zero-order valence-corrected chi connectivity index (χ0v) is 18.9. The van der Waals surface area contributed by atoms with Crippen molar-refractivity contribution < 1.29 is 14.3 Å². The number of aromatic nitrogens is 2. The highest BCUT2D eigenvalue weighted by Gasteiger charge is 2.20. The lowest BCUT2D eigenvalue weighted by molar-refractivity contribution is 0.0698. The lowest BCUT2D eigenvalue weighted by Gasteiger charge is -2.20. The molecule has 4 rings (SSSR count). The van der Waals surface area contributed by atoms with Crippen molar-refractivity contribution in [1.29, 1.82) is 0 Å². The summed E-state index contributed by atoms with van der Waals surface area (Å²) in [6, 6.07) is 14.0. The zero-order valence-electron chi connectivity index (χ0n) is 18.2. The van der Waals surface area contributed by atoms with Gasteiger partial charge in [-0.05, 0) is 55.8 Å². The summed E-state index contributed by atoms with van der Waals surface area (Å²) in [5, 5.41) is 13.4. The Morgan fingerprint density at radius 2 is 1.91 bits per heavy atom. The molecular weight excluding hydrogens is 445 g/mol. The fraction of sp³-hybridized carbons (Fsp3) is 0.160. The molecule has 0 aliphatic rings. The predicted octanol–water partition coefficient (Wildman–Crippen LogP) is 5.57. The number of nitrogens with one attached hydrogen (secondary N) is 1. The topological polar surface area (TPSA) is 84.2 Å². The van der Waals surface area contributed by atoms with Gasteiger partial charge >= 0.3 is 5.97 Å². The molecule has 168 valence electrons. The molecule has 1 aromatic heterocycles. The Morgan fingerprint density at radius 1 is 1.18 bits per heavy atom. The van der Waals surface area contributed by atoms with Gasteiger partial charge in [0.05, 0.1) is 28.1 Å². The Morgan fingerprint density at radius 3 is 2.61 bits per heavy atom. The fourth-order valence-electron chi connectivity index (χ4n) is 3.90. The molecule has 0 fully saturated rings. The normalized spacial score (nSPS) is 12.0. The van der Waals surface area contributed by atoms with Crippen molar-refractivity contribution in [3.05, 3.63) is 92.5 Å². The molecule has 0 bridgehead atoms. The fourth-order valence-corrected chi connectivity index (χ4v) is 4.06. The van der Waals surface area contributed by atoms with Gasteiger partial charge in [0.1, 0.15) is 11.6 Å². The Balaban J connectivity index is 1.91. The molecule has 6 nitrogen and oxygen atoms in total. The molecule has 1 heterocycles. The number of hydrogen-bond donors (Lipinski definition) is 2. The summed E-state index contributed by atoms with van der Waals surface area (Å²) >= 11 is 5.89. The van der Waals surface area contributed by atoms with E-state index in [9.17, 15) is 19.1 Å². The third kappa shape index (κ3) is 4.19. The van der Waals surface area contributed by atoms with Crippen molar-refractivity contribution in [2.75, 3.05) is 5.32 Å². The molecule has 0 saturated heterocycles. The van der Waals surface area contributed by atoms with E-state index in [1.165, 1.54) is 22.8 Å². The van der Waals surface area contributed by atoms with Crippen LogP contribution in [0, 0.1) is 12.7 Å². The molecule has 33 heavy (non-hydrogen) atoms. The van der Waals surface area contributed by atoms with E-state index in [4.69, 9.17) is 11.6 Å². The first-order valence-electron chi connectivity index (χ1n) is 10.2. The SMILES string of the molecule is Cc1cc(C(C)Nc2ccccc2C(=O)O)c2nc(-c3ccc(Cl)cc3F)n(C)c(=O)c2c1. The van der Waals surface area contributed by atoms with Crippen LogP contribution in [0.1, 0.15) is 34.5 Å². The lowest BCUT2D eigenvalue weighted by Crippen LogP contribution is -2.22. The third-order valence-corrected chi connectivity index (χ3v) is 5.76. The van der Waals surface area contributed by atoms with Gasteiger partial charge < -0.3 is 10.4 Å². The van der Waals surface area contributed by atoms with E-state index < -0.39 is 17.8 Å². The molecule has 4 aromatic rings. The summed E-state index contributed by atoms with van der Waals surface area (Å²) in [6.07, 6.45) is 0. The van der Waals surface area contributed by atoms with Gasteiger partial charge in [0.15, 0.2) is 0 Å². The van der Waals surface area contributed by atoms with Gasteiger partial charge in [-0.3, -0.25) is 9.36 Å². The molecule has 0 aliphatic carbocycles. The first kappa shape index (κ1) is 22.5. The van der Waals surface area contributed by atoms with Crippen molar-refractivity contribution in [3.63, 3.8) is 0 Å². The number of carbonyl (C=O) groups is 1. The lowest BCUT2D eigenvalue weighted by atomic mass is 10.00. The van der Waals surface area contributed by atoms with E-state index >= 15 is 0 Å². The molecule has 0 saturated carbocycles. The number of aryl methyl sites for hydroxylation is 1. The van der Waals surface area contributed by atoms with Crippen LogP contribution in [0.25, 0.3) is 22.3 Å². The summed E-state index contributed by atoms with van der Waals surface area (Å²) in [6.45, 7) is 3.72. The minimum Gasteiger partial charge on any atom is -0.478 e. The van der Waals surface area contributed by atoms with Crippen molar-refractivity contribution in [2.45, 2.75) is 19.9 Å². The number of nitrogens with zero attached hydrogens (tertiary/aromatic N) is 2. The van der Waals surface area contributed by atoms with Gasteiger partial charge in [0.25, 0.3) is 5.56 Å². The number of rotatable bonds is 5. The number of carboxylic acid groups (broad SMARTS) is 1. The number of fused-ring (bicyclic) bond motifs is 1. The maximum absolute atomic E-state index is 14.7. The van der Waals surface area contributed by atoms with E-state index in [0.717, 1.165) is 5.56 Å². The number of anilines is 1. The molecule has 0 radical (unpaired) electrons. The highest BCUT2D eigenvalue weighted by Crippen LogP contribution is 2.30. The first-order valence-corrected chi connectivity index (χ1v) is 10.6. The summed E-state index contributed by atoms with van der Waals surface area (Å²) < 4.78 is 16.0. The number of halogens is 2. The van der Waals surface area contributed by atoms with Crippen molar-refractivity contribution in [1.82, 2.24) is 9.55 Å². The maximum atomic E-state index is 14.7. The summed E-state index contributed by atoms with van der Waals surface area (Å²) in [7, 11) is 1.55. The van der Waals surface area contributed by atoms with Gasteiger partial charge in [-0.25, -0.2) is 14.2 Å². The van der Waals surface area contributed by atoms with Crippen LogP contribution in [0.2, 0.25) is 5.02 Å². The minimum atomic E-state index is -1.05. The second kappa shape index (κ2) is 8.67. The number of benzene rings is 3. The monoisotopic (exact) mass is 465 g/mol. The maximum Gasteiger partial charge on any atom is 0.337 e. The third-order valence-electron chi connectivity index (χ3n) is 5.52. The van der Waals surface area contributed by atoms with Gasteiger partial charge in [0.2, 0.25) is 0 Å². The van der Waals surface area contributed by atoms with Gasteiger partial charge in [-0.15, -0.1) is 0 Å². The molecule has 8 heteroatoms. The largest absolute Gasteiger partial charge is 0.478 e. The van der Waals surface area contributed by atoms with E-state index in [-0.39, 0.29) is 27.5 Å². The van der Waals surface area contributed by atoms with E-state index in [1.54, 1.807) is 37.4 Å².